The summed E-state index contributed by atoms with van der Waals surface area (Å²) in [5.41, 5.74) is 2.77. The highest BCUT2D eigenvalue weighted by Gasteiger charge is 2.14. The van der Waals surface area contributed by atoms with Gasteiger partial charge >= 0.3 is 0 Å². The molecule has 1 unspecified atom stereocenters. The van der Waals surface area contributed by atoms with Crippen molar-refractivity contribution in [1.29, 1.82) is 0 Å². The summed E-state index contributed by atoms with van der Waals surface area (Å²) in [6.45, 7) is 7.06. The Morgan fingerprint density at radius 2 is 2.14 bits per heavy atom. The Labute approximate surface area is 156 Å². The molecule has 0 aromatic heterocycles. The normalized spacial score (nSPS) is 17.9. The molecule has 1 atom stereocenters. The van der Waals surface area contributed by atoms with Crippen LogP contribution in [0.2, 0.25) is 0 Å². The monoisotopic (exact) mass is 433 g/mol. The lowest BCUT2D eigenvalue weighted by atomic mass is 10.1. The van der Waals surface area contributed by atoms with Crippen LogP contribution in [0.1, 0.15) is 30.9 Å². The molecule has 1 aromatic carbocycles. The van der Waals surface area contributed by atoms with Gasteiger partial charge in [-0.2, -0.15) is 11.8 Å². The number of aryl methyl sites for hydroxylation is 1. The van der Waals surface area contributed by atoms with Crippen molar-refractivity contribution in [3.63, 3.8) is 0 Å². The summed E-state index contributed by atoms with van der Waals surface area (Å²) in [4.78, 5) is 4.72. The number of nitrogens with one attached hydrogen (secondary N) is 2. The molecule has 1 fully saturated rings. The minimum absolute atomic E-state index is 0. The van der Waals surface area contributed by atoms with Crippen molar-refractivity contribution in [3.05, 3.63) is 35.4 Å². The highest BCUT2D eigenvalue weighted by molar-refractivity contribution is 14.0. The van der Waals surface area contributed by atoms with Crippen LogP contribution in [0.25, 0.3) is 0 Å². The van der Waals surface area contributed by atoms with Crippen LogP contribution in [0.3, 0.4) is 0 Å². The first-order chi connectivity index (χ1) is 10.3. The predicted octanol–water partition coefficient (Wildman–Crippen LogP) is 3.61. The first kappa shape index (κ1) is 19.6. The van der Waals surface area contributed by atoms with E-state index in [-0.39, 0.29) is 24.0 Å². The van der Waals surface area contributed by atoms with Crippen molar-refractivity contribution in [3.8, 4) is 0 Å². The summed E-state index contributed by atoms with van der Waals surface area (Å²) in [6.07, 6.45) is 3.70. The van der Waals surface area contributed by atoms with Gasteiger partial charge in [-0.15, -0.1) is 24.0 Å². The summed E-state index contributed by atoms with van der Waals surface area (Å²) in [7, 11) is 0. The van der Waals surface area contributed by atoms with Crippen LogP contribution in [0.4, 0.5) is 0 Å². The first-order valence-corrected chi connectivity index (χ1v) is 9.02. The number of hydrogen-bond acceptors (Lipinski definition) is 2. The van der Waals surface area contributed by atoms with Gasteiger partial charge in [0.05, 0.1) is 6.54 Å². The molecule has 3 nitrogen and oxygen atoms in total. The molecule has 2 rings (SSSR count). The van der Waals surface area contributed by atoms with E-state index in [9.17, 15) is 0 Å². The van der Waals surface area contributed by atoms with E-state index in [1.807, 2.05) is 0 Å². The maximum Gasteiger partial charge on any atom is 0.191 e. The van der Waals surface area contributed by atoms with Gasteiger partial charge in [-0.25, -0.2) is 0 Å². The minimum atomic E-state index is 0. The second-order valence-electron chi connectivity index (χ2n) is 5.46. The van der Waals surface area contributed by atoms with Crippen LogP contribution in [-0.2, 0) is 6.42 Å². The molecule has 124 valence electrons. The summed E-state index contributed by atoms with van der Waals surface area (Å²) in [6, 6.07) is 8.58. The molecule has 0 saturated carbocycles. The fourth-order valence-electron chi connectivity index (χ4n) is 2.53. The smallest absolute Gasteiger partial charge is 0.191 e. The molecule has 1 aromatic rings. The minimum Gasteiger partial charge on any atom is -0.357 e. The zero-order chi connectivity index (χ0) is 14.9. The lowest BCUT2D eigenvalue weighted by molar-refractivity contribution is 0.760. The van der Waals surface area contributed by atoms with Gasteiger partial charge in [-0.05, 0) is 50.0 Å². The third-order valence-electron chi connectivity index (χ3n) is 3.77. The van der Waals surface area contributed by atoms with Crippen molar-refractivity contribution in [2.75, 3.05) is 25.4 Å². The molecule has 0 aliphatic carbocycles. The summed E-state index contributed by atoms with van der Waals surface area (Å²) in [5, 5.41) is 7.51. The van der Waals surface area contributed by atoms with Gasteiger partial charge in [-0.3, -0.25) is 4.99 Å². The van der Waals surface area contributed by atoms with Crippen molar-refractivity contribution in [2.45, 2.75) is 38.4 Å². The molecular formula is C17H28IN3S. The zero-order valence-corrected chi connectivity index (χ0v) is 16.7. The third-order valence-corrected chi connectivity index (χ3v) is 5.15. The topological polar surface area (TPSA) is 36.4 Å². The molecular weight excluding hydrogens is 405 g/mol. The number of hydrogen-bond donors (Lipinski definition) is 2. The molecule has 1 aliphatic rings. The van der Waals surface area contributed by atoms with Crippen LogP contribution in [0, 0.1) is 6.92 Å². The first-order valence-electron chi connectivity index (χ1n) is 7.98. The summed E-state index contributed by atoms with van der Waals surface area (Å²) < 4.78 is 0. The van der Waals surface area contributed by atoms with Crippen LogP contribution >= 0.6 is 35.7 Å². The zero-order valence-electron chi connectivity index (χ0n) is 13.6. The number of halogens is 1. The molecule has 2 N–H and O–H groups in total. The second-order valence-corrected chi connectivity index (χ2v) is 6.87. The maximum atomic E-state index is 4.72. The SMILES string of the molecule is CCNC(=NCC1CCCS1)NCCc1ccccc1C.I. The molecule has 5 heteroatoms. The van der Waals surface area contributed by atoms with Gasteiger partial charge < -0.3 is 10.6 Å². The lowest BCUT2D eigenvalue weighted by Gasteiger charge is -2.13. The summed E-state index contributed by atoms with van der Waals surface area (Å²) in [5.74, 6) is 2.26. The average Bonchev–Trinajstić information content (AvgIpc) is 3.00. The quantitative estimate of drug-likeness (QED) is 0.409. The number of benzene rings is 1. The van der Waals surface area contributed by atoms with E-state index in [2.05, 4.69) is 60.5 Å². The Morgan fingerprint density at radius 1 is 1.32 bits per heavy atom. The van der Waals surface area contributed by atoms with Gasteiger partial charge in [0.1, 0.15) is 0 Å². The molecule has 22 heavy (non-hydrogen) atoms. The van der Waals surface area contributed by atoms with Crippen LogP contribution in [0.5, 0.6) is 0 Å². The van der Waals surface area contributed by atoms with E-state index in [0.717, 1.165) is 37.3 Å². The fourth-order valence-corrected chi connectivity index (χ4v) is 3.71. The Kier molecular flexibility index (Phi) is 9.95. The molecule has 0 radical (unpaired) electrons. The van der Waals surface area contributed by atoms with E-state index in [0.29, 0.717) is 0 Å². The van der Waals surface area contributed by atoms with Gasteiger partial charge in [0.2, 0.25) is 0 Å². The van der Waals surface area contributed by atoms with Gasteiger partial charge in [0, 0.05) is 18.3 Å². The molecule has 1 saturated heterocycles. The highest BCUT2D eigenvalue weighted by atomic mass is 127. The van der Waals surface area contributed by atoms with Crippen LogP contribution in [-0.4, -0.2) is 36.6 Å². The summed E-state index contributed by atoms with van der Waals surface area (Å²) >= 11 is 2.06. The maximum absolute atomic E-state index is 4.72. The average molecular weight is 433 g/mol. The Hall–Kier alpha value is -0.430. The van der Waals surface area contributed by atoms with Crippen LogP contribution < -0.4 is 10.6 Å². The number of rotatable bonds is 6. The van der Waals surface area contributed by atoms with E-state index < -0.39 is 0 Å². The predicted molar refractivity (Wildman–Crippen MR) is 110 cm³/mol. The Balaban J connectivity index is 0.00000242. The molecule has 0 spiro atoms. The Morgan fingerprint density at radius 3 is 2.82 bits per heavy atom. The van der Waals surface area contributed by atoms with Gasteiger partial charge in [0.15, 0.2) is 5.96 Å². The highest BCUT2D eigenvalue weighted by Crippen LogP contribution is 2.25. The number of guanidine groups is 1. The van der Waals surface area contributed by atoms with Gasteiger partial charge in [-0.1, -0.05) is 24.3 Å². The molecule has 1 heterocycles. The van der Waals surface area contributed by atoms with E-state index in [4.69, 9.17) is 4.99 Å². The third kappa shape index (κ3) is 6.77. The van der Waals surface area contributed by atoms with Gasteiger partial charge in [0.25, 0.3) is 0 Å². The van der Waals surface area contributed by atoms with Crippen molar-refractivity contribution in [1.82, 2.24) is 10.6 Å². The van der Waals surface area contributed by atoms with Crippen molar-refractivity contribution < 1.29 is 0 Å². The number of nitrogens with zero attached hydrogens (tertiary/aromatic N) is 1. The molecule has 0 amide bonds. The largest absolute Gasteiger partial charge is 0.357 e. The van der Waals surface area contributed by atoms with E-state index in [1.165, 1.54) is 29.7 Å². The fraction of sp³-hybridized carbons (Fsp3) is 0.588. The van der Waals surface area contributed by atoms with E-state index >= 15 is 0 Å². The van der Waals surface area contributed by atoms with Crippen molar-refractivity contribution >= 4 is 41.7 Å². The lowest BCUT2D eigenvalue weighted by Crippen LogP contribution is -2.38. The number of thioether (sulfide) groups is 1. The van der Waals surface area contributed by atoms with Crippen LogP contribution in [0.15, 0.2) is 29.3 Å². The second kappa shape index (κ2) is 11.2. The molecule has 1 aliphatic heterocycles. The number of aliphatic imine (C=N–C) groups is 1. The standard InChI is InChI=1S/C17H27N3S.HI/c1-3-18-17(20-13-16-9-6-12-21-16)19-11-10-15-8-5-4-7-14(15)2;/h4-5,7-8,16H,3,6,9-13H2,1-2H3,(H2,18,19,20);1H. The van der Waals surface area contributed by atoms with Crippen molar-refractivity contribution in [2.24, 2.45) is 4.99 Å². The molecule has 0 bridgehead atoms. The van der Waals surface area contributed by atoms with E-state index in [1.54, 1.807) is 0 Å². The Bertz CT molecular complexity index is 459.